The van der Waals surface area contributed by atoms with E-state index < -0.39 is 0 Å². The molecule has 0 fully saturated rings. The normalized spacial score (nSPS) is 13.4. The van der Waals surface area contributed by atoms with Crippen molar-refractivity contribution in [2.45, 2.75) is 0 Å². The molecular weight excluding hydrogens is 212 g/mol. The molecule has 3 heteroatoms. The molecule has 1 aliphatic heterocycles. The quantitative estimate of drug-likeness (QED) is 0.754. The van der Waals surface area contributed by atoms with E-state index in [1.807, 2.05) is 30.3 Å². The van der Waals surface area contributed by atoms with Gasteiger partial charge in [0.1, 0.15) is 0 Å². The molecule has 0 spiro atoms. The van der Waals surface area contributed by atoms with Gasteiger partial charge in [0.15, 0.2) is 0 Å². The number of rotatable bonds is 1. The highest BCUT2D eigenvalue weighted by atomic mass is 16.1. The van der Waals surface area contributed by atoms with Crippen LogP contribution in [-0.4, -0.2) is 10.9 Å². The molecule has 1 N–H and O–H groups in total. The first kappa shape index (κ1) is 9.78. The lowest BCUT2D eigenvalue weighted by atomic mass is 9.96. The van der Waals surface area contributed by atoms with Gasteiger partial charge >= 0.3 is 0 Å². The van der Waals surface area contributed by atoms with E-state index in [2.05, 4.69) is 16.9 Å². The molecule has 0 radical (unpaired) electrons. The summed E-state index contributed by atoms with van der Waals surface area (Å²) in [6.07, 6.45) is 3.48. The molecule has 17 heavy (non-hydrogen) atoms. The number of nitrogens with zero attached hydrogens (tertiary/aromatic N) is 1. The maximum absolute atomic E-state index is 11.6. The van der Waals surface area contributed by atoms with Crippen molar-refractivity contribution in [3.63, 3.8) is 0 Å². The Hall–Kier alpha value is -2.42. The van der Waals surface area contributed by atoms with Gasteiger partial charge in [-0.15, -0.1) is 0 Å². The summed E-state index contributed by atoms with van der Waals surface area (Å²) in [5, 5.41) is 2.80. The lowest BCUT2D eigenvalue weighted by Gasteiger charge is -2.07. The van der Waals surface area contributed by atoms with E-state index in [4.69, 9.17) is 0 Å². The van der Waals surface area contributed by atoms with Crippen molar-refractivity contribution in [3.05, 3.63) is 54.9 Å². The van der Waals surface area contributed by atoms with Crippen molar-refractivity contribution < 1.29 is 4.79 Å². The maximum Gasteiger partial charge on any atom is 0.255 e. The van der Waals surface area contributed by atoms with Crippen LogP contribution in [0.3, 0.4) is 0 Å². The van der Waals surface area contributed by atoms with Crippen LogP contribution < -0.4 is 5.32 Å². The van der Waals surface area contributed by atoms with Crippen LogP contribution in [0.25, 0.3) is 16.7 Å². The fraction of sp³-hybridized carbons (Fsp3) is 0. The monoisotopic (exact) mass is 222 g/mol. The zero-order valence-electron chi connectivity index (χ0n) is 9.10. The van der Waals surface area contributed by atoms with Crippen LogP contribution in [0, 0.1) is 0 Å². The molecule has 3 rings (SSSR count). The lowest BCUT2D eigenvalue weighted by Crippen LogP contribution is -2.02. The number of hydrogen-bond donors (Lipinski definition) is 1. The van der Waals surface area contributed by atoms with Crippen LogP contribution in [-0.2, 0) is 4.79 Å². The number of carbonyl (C=O) groups is 1. The first-order valence-electron chi connectivity index (χ1n) is 5.31. The Kier molecular flexibility index (Phi) is 2.05. The second-order valence-corrected chi connectivity index (χ2v) is 3.90. The van der Waals surface area contributed by atoms with Gasteiger partial charge in [0, 0.05) is 29.2 Å². The summed E-state index contributed by atoms with van der Waals surface area (Å²) in [7, 11) is 0. The molecule has 1 aromatic heterocycles. The third kappa shape index (κ3) is 1.44. The number of fused-ring (bicyclic) bond motifs is 1. The van der Waals surface area contributed by atoms with Crippen molar-refractivity contribution in [1.82, 2.24) is 4.98 Å². The standard InChI is InChI=1S/C14H10N2O/c1-9-13-11(10-5-7-15-8-6-10)3-2-4-12(13)16-14(9)17/h2-8H,1H2,(H,16,17). The molecule has 1 amide bonds. The Morgan fingerprint density at radius 2 is 1.88 bits per heavy atom. The van der Waals surface area contributed by atoms with Gasteiger partial charge in [0.25, 0.3) is 5.91 Å². The van der Waals surface area contributed by atoms with Gasteiger partial charge in [-0.05, 0) is 29.3 Å². The molecular formula is C14H10N2O. The predicted octanol–water partition coefficient (Wildman–Crippen LogP) is 2.71. The zero-order chi connectivity index (χ0) is 11.8. The molecule has 0 bridgehead atoms. The summed E-state index contributed by atoms with van der Waals surface area (Å²) in [4.78, 5) is 15.6. The van der Waals surface area contributed by atoms with Gasteiger partial charge < -0.3 is 5.32 Å². The summed E-state index contributed by atoms with van der Waals surface area (Å²) < 4.78 is 0. The Balaban J connectivity index is 2.25. The van der Waals surface area contributed by atoms with E-state index in [0.29, 0.717) is 5.57 Å². The van der Waals surface area contributed by atoms with E-state index >= 15 is 0 Å². The molecule has 0 saturated carbocycles. The maximum atomic E-state index is 11.6. The van der Waals surface area contributed by atoms with Crippen LogP contribution in [0.15, 0.2) is 49.3 Å². The third-order valence-electron chi connectivity index (χ3n) is 2.88. The Labute approximate surface area is 98.8 Å². The Morgan fingerprint density at radius 3 is 2.65 bits per heavy atom. The summed E-state index contributed by atoms with van der Waals surface area (Å²) in [6, 6.07) is 9.64. The summed E-state index contributed by atoms with van der Waals surface area (Å²) in [6.45, 7) is 3.84. The van der Waals surface area contributed by atoms with E-state index in [-0.39, 0.29) is 5.91 Å². The number of aromatic nitrogens is 1. The number of pyridine rings is 1. The first-order valence-corrected chi connectivity index (χ1v) is 5.31. The van der Waals surface area contributed by atoms with E-state index in [1.165, 1.54) is 0 Å². The van der Waals surface area contributed by atoms with Gasteiger partial charge in [0.2, 0.25) is 0 Å². The number of anilines is 1. The fourth-order valence-electron chi connectivity index (χ4n) is 2.06. The number of benzene rings is 1. The van der Waals surface area contributed by atoms with E-state index in [1.54, 1.807) is 12.4 Å². The molecule has 3 nitrogen and oxygen atoms in total. The molecule has 82 valence electrons. The van der Waals surface area contributed by atoms with Crippen molar-refractivity contribution in [3.8, 4) is 11.1 Å². The van der Waals surface area contributed by atoms with Crippen LogP contribution in [0.2, 0.25) is 0 Å². The second kappa shape index (κ2) is 3.56. The largest absolute Gasteiger partial charge is 0.321 e. The molecule has 2 heterocycles. The minimum atomic E-state index is -0.124. The zero-order valence-corrected chi connectivity index (χ0v) is 9.10. The molecule has 0 saturated heterocycles. The van der Waals surface area contributed by atoms with Gasteiger partial charge in [-0.1, -0.05) is 18.7 Å². The summed E-state index contributed by atoms with van der Waals surface area (Å²) in [5.41, 5.74) is 4.29. The van der Waals surface area contributed by atoms with Gasteiger partial charge in [-0.3, -0.25) is 9.78 Å². The van der Waals surface area contributed by atoms with E-state index in [0.717, 1.165) is 22.4 Å². The number of carbonyl (C=O) groups excluding carboxylic acids is 1. The predicted molar refractivity (Wildman–Crippen MR) is 67.3 cm³/mol. The smallest absolute Gasteiger partial charge is 0.255 e. The average molecular weight is 222 g/mol. The van der Waals surface area contributed by atoms with Gasteiger partial charge in [0.05, 0.1) is 0 Å². The highest BCUT2D eigenvalue weighted by Crippen LogP contribution is 2.38. The van der Waals surface area contributed by atoms with Gasteiger partial charge in [-0.25, -0.2) is 0 Å². The Bertz CT molecular complexity index is 617. The average Bonchev–Trinajstić information content (AvgIpc) is 2.66. The lowest BCUT2D eigenvalue weighted by molar-refractivity contribution is -0.110. The molecule has 1 aromatic carbocycles. The van der Waals surface area contributed by atoms with Crippen LogP contribution in [0.5, 0.6) is 0 Å². The topological polar surface area (TPSA) is 42.0 Å². The van der Waals surface area contributed by atoms with Crippen LogP contribution >= 0.6 is 0 Å². The minimum Gasteiger partial charge on any atom is -0.321 e. The van der Waals surface area contributed by atoms with Crippen molar-refractivity contribution >= 4 is 17.2 Å². The second-order valence-electron chi connectivity index (χ2n) is 3.90. The van der Waals surface area contributed by atoms with Crippen LogP contribution in [0.4, 0.5) is 5.69 Å². The highest BCUT2D eigenvalue weighted by Gasteiger charge is 2.25. The number of nitrogens with one attached hydrogen (secondary N) is 1. The van der Waals surface area contributed by atoms with Crippen molar-refractivity contribution in [2.75, 3.05) is 5.32 Å². The number of amides is 1. The third-order valence-corrected chi connectivity index (χ3v) is 2.88. The summed E-state index contributed by atoms with van der Waals surface area (Å²) in [5.74, 6) is -0.124. The van der Waals surface area contributed by atoms with Crippen LogP contribution in [0.1, 0.15) is 5.56 Å². The summed E-state index contributed by atoms with van der Waals surface area (Å²) >= 11 is 0. The first-order chi connectivity index (χ1) is 8.27. The molecule has 1 aliphatic rings. The Morgan fingerprint density at radius 1 is 1.12 bits per heavy atom. The SMILES string of the molecule is C=C1C(=O)Nc2cccc(-c3ccncc3)c21. The van der Waals surface area contributed by atoms with E-state index in [9.17, 15) is 4.79 Å². The minimum absolute atomic E-state index is 0.124. The molecule has 0 unspecified atom stereocenters. The van der Waals surface area contributed by atoms with Crippen molar-refractivity contribution in [1.29, 1.82) is 0 Å². The highest BCUT2D eigenvalue weighted by molar-refractivity contribution is 6.32. The molecule has 0 aliphatic carbocycles. The van der Waals surface area contributed by atoms with Gasteiger partial charge in [-0.2, -0.15) is 0 Å². The molecule has 0 atom stereocenters. The van der Waals surface area contributed by atoms with Crippen molar-refractivity contribution in [2.24, 2.45) is 0 Å². The number of hydrogen-bond acceptors (Lipinski definition) is 2. The molecule has 2 aromatic rings. The fourth-order valence-corrected chi connectivity index (χ4v) is 2.06.